The second-order valence-electron chi connectivity index (χ2n) is 12.4. The van der Waals surface area contributed by atoms with Crippen molar-refractivity contribution in [1.82, 2.24) is 9.13 Å². The molecule has 0 atom stereocenters. The summed E-state index contributed by atoms with van der Waals surface area (Å²) in [7, 11) is -0.661. The number of fused-ring (bicyclic) bond motifs is 1. The summed E-state index contributed by atoms with van der Waals surface area (Å²) in [6.45, 7) is 14.2. The van der Waals surface area contributed by atoms with Gasteiger partial charge in [0.15, 0.2) is 0 Å². The van der Waals surface area contributed by atoms with Gasteiger partial charge >= 0.3 is 19.3 Å². The predicted octanol–water partition coefficient (Wildman–Crippen LogP) is 5.57. The van der Waals surface area contributed by atoms with Crippen LogP contribution in [0, 0.1) is 0 Å². The van der Waals surface area contributed by atoms with Gasteiger partial charge in [-0.25, -0.2) is 0 Å². The topological polar surface area (TPSA) is 93.3 Å². The Kier molecular flexibility index (Phi) is 11.2. The second-order valence-corrected chi connectivity index (χ2v) is 14.0. The molecule has 1 fully saturated rings. The third kappa shape index (κ3) is 8.44. The lowest BCUT2D eigenvalue weighted by molar-refractivity contribution is -0.141. The smallest absolute Gasteiger partial charge is 0.466 e. The van der Waals surface area contributed by atoms with Gasteiger partial charge in [-0.2, -0.15) is 29.9 Å². The van der Waals surface area contributed by atoms with Gasteiger partial charge in [0.25, 0.3) is 5.91 Å². The summed E-state index contributed by atoms with van der Waals surface area (Å²) in [5.41, 5.74) is -0.0103. The number of ether oxygens (including phenoxy) is 2. The highest BCUT2D eigenvalue weighted by Gasteiger charge is 2.51. The van der Waals surface area contributed by atoms with E-state index in [9.17, 15) is 22.8 Å². The molecule has 4 rings (SSSR count). The molecule has 2 aromatic carbocycles. The Balaban J connectivity index is 1.84. The van der Waals surface area contributed by atoms with E-state index in [1.54, 1.807) is 20.9 Å². The van der Waals surface area contributed by atoms with Crippen LogP contribution in [0.4, 0.5) is 13.2 Å². The molecule has 2 heterocycles. The molecule has 1 aliphatic rings. The molecule has 1 saturated heterocycles. The quantitative estimate of drug-likeness (QED) is 0.142. The first kappa shape index (κ1) is 35.8. The SMILES string of the molecule is CC(=O)OCCCn1/c(=N/C(=O)c2cccc(C(F)(F)F)c2)n(COCCSC(C)C)c2cc(B3OC(C)(C)C(C)(C)O3)ccc21. The van der Waals surface area contributed by atoms with Gasteiger partial charge in [-0.1, -0.05) is 26.0 Å². The molecule has 14 heteroatoms. The van der Waals surface area contributed by atoms with E-state index < -0.39 is 41.9 Å². The number of rotatable bonds is 12. The molecule has 1 aliphatic heterocycles. The van der Waals surface area contributed by atoms with Crippen LogP contribution in [-0.2, 0) is 43.0 Å². The van der Waals surface area contributed by atoms with Crippen molar-refractivity contribution in [3.05, 3.63) is 59.2 Å². The van der Waals surface area contributed by atoms with Crippen LogP contribution < -0.4 is 11.1 Å². The van der Waals surface area contributed by atoms with Gasteiger partial charge in [0.2, 0.25) is 5.62 Å². The fourth-order valence-electron chi connectivity index (χ4n) is 4.86. The van der Waals surface area contributed by atoms with E-state index in [1.165, 1.54) is 19.1 Å². The maximum Gasteiger partial charge on any atom is 0.494 e. The third-order valence-corrected chi connectivity index (χ3v) is 9.03. The van der Waals surface area contributed by atoms with Gasteiger partial charge in [-0.3, -0.25) is 14.2 Å². The average molecular weight is 664 g/mol. The van der Waals surface area contributed by atoms with Crippen LogP contribution >= 0.6 is 11.8 Å². The Morgan fingerprint density at radius 3 is 2.33 bits per heavy atom. The number of aryl methyl sites for hydroxylation is 1. The molecule has 46 heavy (non-hydrogen) atoms. The number of hydrogen-bond acceptors (Lipinski definition) is 7. The van der Waals surface area contributed by atoms with Crippen LogP contribution in [0.25, 0.3) is 11.0 Å². The van der Waals surface area contributed by atoms with Crippen LogP contribution in [0.3, 0.4) is 0 Å². The summed E-state index contributed by atoms with van der Waals surface area (Å²) in [6.07, 6.45) is -4.22. The van der Waals surface area contributed by atoms with Crippen molar-refractivity contribution in [3.63, 3.8) is 0 Å². The Bertz CT molecular complexity index is 1620. The van der Waals surface area contributed by atoms with Gasteiger partial charge in [-0.05, 0) is 75.2 Å². The number of carbonyl (C=O) groups excluding carboxylic acids is 2. The Hall–Kier alpha value is -3.07. The number of nitrogens with zero attached hydrogens (tertiary/aromatic N) is 3. The summed E-state index contributed by atoms with van der Waals surface area (Å²) in [5, 5.41) is 0.425. The van der Waals surface area contributed by atoms with E-state index in [2.05, 4.69) is 18.8 Å². The van der Waals surface area contributed by atoms with Crippen molar-refractivity contribution in [2.75, 3.05) is 19.0 Å². The number of alkyl halides is 3. The highest BCUT2D eigenvalue weighted by atomic mass is 32.2. The minimum atomic E-state index is -4.62. The van der Waals surface area contributed by atoms with E-state index in [4.69, 9.17) is 18.8 Å². The summed E-state index contributed by atoms with van der Waals surface area (Å²) in [6, 6.07) is 9.80. The Labute approximate surface area is 271 Å². The van der Waals surface area contributed by atoms with Gasteiger partial charge in [0.05, 0.1) is 41.0 Å². The van der Waals surface area contributed by atoms with Crippen molar-refractivity contribution in [1.29, 1.82) is 0 Å². The monoisotopic (exact) mass is 663 g/mol. The van der Waals surface area contributed by atoms with Gasteiger partial charge in [0, 0.05) is 24.8 Å². The van der Waals surface area contributed by atoms with Crippen LogP contribution in [0.5, 0.6) is 0 Å². The summed E-state index contributed by atoms with van der Waals surface area (Å²) < 4.78 is 67.6. The maximum absolute atomic E-state index is 13.4. The molecule has 1 aromatic heterocycles. The van der Waals surface area contributed by atoms with Crippen molar-refractivity contribution in [2.45, 2.75) is 90.8 Å². The minimum Gasteiger partial charge on any atom is -0.466 e. The molecule has 1 amide bonds. The van der Waals surface area contributed by atoms with Crippen molar-refractivity contribution in [2.24, 2.45) is 4.99 Å². The number of hydrogen-bond donors (Lipinski definition) is 0. The lowest BCUT2D eigenvalue weighted by Gasteiger charge is -2.32. The molecule has 0 bridgehead atoms. The molecule has 0 spiro atoms. The third-order valence-electron chi connectivity index (χ3n) is 7.96. The molecule has 0 radical (unpaired) electrons. The Morgan fingerprint density at radius 2 is 1.70 bits per heavy atom. The second kappa shape index (κ2) is 14.4. The number of aromatic nitrogens is 2. The molecule has 250 valence electrons. The highest BCUT2D eigenvalue weighted by Crippen LogP contribution is 2.36. The lowest BCUT2D eigenvalue weighted by atomic mass is 9.79. The lowest BCUT2D eigenvalue weighted by Crippen LogP contribution is -2.41. The summed E-state index contributed by atoms with van der Waals surface area (Å²) >= 11 is 1.74. The molecule has 9 nitrogen and oxygen atoms in total. The van der Waals surface area contributed by atoms with Gasteiger partial charge in [0.1, 0.15) is 6.73 Å². The first-order valence-corrected chi connectivity index (χ1v) is 16.2. The Morgan fingerprint density at radius 1 is 1.00 bits per heavy atom. The largest absolute Gasteiger partial charge is 0.494 e. The normalized spacial score (nSPS) is 16.5. The highest BCUT2D eigenvalue weighted by molar-refractivity contribution is 7.99. The molecular weight excluding hydrogens is 622 g/mol. The van der Waals surface area contributed by atoms with Crippen molar-refractivity contribution < 1.29 is 41.5 Å². The van der Waals surface area contributed by atoms with E-state index in [0.29, 0.717) is 35.9 Å². The standard InChI is InChI=1S/C32H41BF3N3O6S/c1-21(2)46-17-16-42-20-39-27-19-25(33-44-30(4,5)31(6,7)45-33)12-13-26(27)38(14-9-15-43-22(3)40)29(39)37-28(41)23-10-8-11-24(18-23)32(34,35)36/h8,10-13,18-19,21H,9,14-17,20H2,1-7H3/b37-29-. The van der Waals surface area contributed by atoms with Gasteiger partial charge in [-0.15, -0.1) is 0 Å². The van der Waals surface area contributed by atoms with Gasteiger partial charge < -0.3 is 23.3 Å². The van der Waals surface area contributed by atoms with Crippen LogP contribution in [0.2, 0.25) is 0 Å². The molecule has 0 N–H and O–H groups in total. The molecule has 0 unspecified atom stereocenters. The van der Waals surface area contributed by atoms with E-state index in [0.717, 1.165) is 23.3 Å². The first-order valence-electron chi connectivity index (χ1n) is 15.2. The predicted molar refractivity (Wildman–Crippen MR) is 172 cm³/mol. The number of imidazole rings is 1. The van der Waals surface area contributed by atoms with E-state index in [-0.39, 0.29) is 24.5 Å². The first-order chi connectivity index (χ1) is 21.5. The zero-order valence-corrected chi connectivity index (χ0v) is 28.1. The minimum absolute atomic E-state index is 0.0215. The van der Waals surface area contributed by atoms with Crippen LogP contribution in [0.1, 0.15) is 70.8 Å². The average Bonchev–Trinajstić information content (AvgIpc) is 3.37. The molecule has 0 saturated carbocycles. The fourth-order valence-corrected chi connectivity index (χ4v) is 5.55. The van der Waals surface area contributed by atoms with Crippen molar-refractivity contribution in [3.8, 4) is 0 Å². The molecule has 0 aliphatic carbocycles. The number of halogens is 3. The number of benzene rings is 2. The maximum atomic E-state index is 13.4. The number of esters is 1. The molecule has 3 aromatic rings. The molecular formula is C32H41BF3N3O6S. The van der Waals surface area contributed by atoms with Crippen LogP contribution in [-0.4, -0.2) is 63.5 Å². The van der Waals surface area contributed by atoms with E-state index >= 15 is 0 Å². The fraction of sp³-hybridized carbons (Fsp3) is 0.531. The summed E-state index contributed by atoms with van der Waals surface area (Å²) in [5.74, 6) is -0.518. The van der Waals surface area contributed by atoms with Crippen LogP contribution in [0.15, 0.2) is 47.5 Å². The summed E-state index contributed by atoms with van der Waals surface area (Å²) in [4.78, 5) is 29.2. The van der Waals surface area contributed by atoms with Crippen molar-refractivity contribution >= 4 is 47.3 Å². The number of carbonyl (C=O) groups is 2. The van der Waals surface area contributed by atoms with E-state index in [1.807, 2.05) is 45.9 Å². The zero-order valence-electron chi connectivity index (χ0n) is 27.3. The zero-order chi connectivity index (χ0) is 33.9. The number of amides is 1. The number of thioether (sulfide) groups is 1.